The molecule has 0 saturated heterocycles. The van der Waals surface area contributed by atoms with Gasteiger partial charge >= 0.3 is 0 Å². The van der Waals surface area contributed by atoms with E-state index in [0.29, 0.717) is 17.8 Å². The third-order valence-corrected chi connectivity index (χ3v) is 6.91. The van der Waals surface area contributed by atoms with Crippen LogP contribution in [0, 0.1) is 6.92 Å². The van der Waals surface area contributed by atoms with E-state index in [0.717, 1.165) is 16.2 Å². The fourth-order valence-corrected chi connectivity index (χ4v) is 4.59. The predicted molar refractivity (Wildman–Crippen MR) is 145 cm³/mol. The van der Waals surface area contributed by atoms with Crippen LogP contribution in [0.1, 0.15) is 22.8 Å². The summed E-state index contributed by atoms with van der Waals surface area (Å²) in [5.74, 6) is -1.63. The molecule has 1 aliphatic heterocycles. The molecule has 3 aromatic rings. The number of hydrogen-bond acceptors (Lipinski definition) is 4. The topological polar surface area (TPSA) is 69.7 Å². The van der Waals surface area contributed by atoms with Gasteiger partial charge in [-0.05, 0) is 67.9 Å². The van der Waals surface area contributed by atoms with Crippen LogP contribution in [0.2, 0.25) is 15.1 Å². The highest BCUT2D eigenvalue weighted by Crippen LogP contribution is 2.38. The number of carbonyl (C=O) groups is 3. The number of benzene rings is 3. The molecule has 6 nitrogen and oxygen atoms in total. The average molecular weight is 563 g/mol. The summed E-state index contributed by atoms with van der Waals surface area (Å²) >= 11 is 24.4. The van der Waals surface area contributed by atoms with E-state index in [2.05, 4.69) is 5.32 Å². The molecule has 36 heavy (non-hydrogen) atoms. The lowest BCUT2D eigenvalue weighted by Gasteiger charge is -2.21. The zero-order valence-corrected chi connectivity index (χ0v) is 22.1. The molecular formula is C26H19Cl4N3O3. The van der Waals surface area contributed by atoms with E-state index in [9.17, 15) is 14.4 Å². The molecule has 0 radical (unpaired) electrons. The highest BCUT2D eigenvalue weighted by atomic mass is 35.5. The minimum atomic E-state index is -0.756. The van der Waals surface area contributed by atoms with E-state index < -0.39 is 11.8 Å². The van der Waals surface area contributed by atoms with Gasteiger partial charge in [-0.2, -0.15) is 0 Å². The molecule has 0 aromatic heterocycles. The molecule has 0 fully saturated rings. The van der Waals surface area contributed by atoms with E-state index in [-0.39, 0.29) is 37.4 Å². The maximum atomic E-state index is 13.1. The first-order valence-electron chi connectivity index (χ1n) is 10.8. The summed E-state index contributed by atoms with van der Waals surface area (Å²) in [7, 11) is 0. The highest BCUT2D eigenvalue weighted by Gasteiger charge is 2.40. The lowest BCUT2D eigenvalue weighted by Crippen LogP contribution is -2.32. The summed E-state index contributed by atoms with van der Waals surface area (Å²) in [5.41, 5.74) is 2.71. The fraction of sp³-hybridized carbons (Fsp3) is 0.115. The van der Waals surface area contributed by atoms with Crippen LogP contribution in [0.25, 0.3) is 0 Å². The van der Waals surface area contributed by atoms with Crippen molar-refractivity contribution < 1.29 is 14.4 Å². The van der Waals surface area contributed by atoms with E-state index in [1.54, 1.807) is 29.2 Å². The second kappa shape index (κ2) is 10.5. The molecule has 3 amide bonds. The monoisotopic (exact) mass is 561 g/mol. The van der Waals surface area contributed by atoms with Gasteiger partial charge in [0.05, 0.1) is 20.8 Å². The van der Waals surface area contributed by atoms with Crippen molar-refractivity contribution in [2.45, 2.75) is 13.8 Å². The van der Waals surface area contributed by atoms with Crippen LogP contribution in [-0.4, -0.2) is 24.3 Å². The van der Waals surface area contributed by atoms with E-state index in [1.165, 1.54) is 12.1 Å². The van der Waals surface area contributed by atoms with Crippen molar-refractivity contribution in [1.29, 1.82) is 0 Å². The van der Waals surface area contributed by atoms with Crippen molar-refractivity contribution in [1.82, 2.24) is 0 Å². The van der Waals surface area contributed by atoms with Crippen LogP contribution in [0.5, 0.6) is 0 Å². The van der Waals surface area contributed by atoms with E-state index in [1.807, 2.05) is 38.1 Å². The Hall–Kier alpha value is -3.03. The number of imide groups is 1. The number of rotatable bonds is 6. The Labute approximate surface area is 228 Å². The Morgan fingerprint density at radius 1 is 0.889 bits per heavy atom. The summed E-state index contributed by atoms with van der Waals surface area (Å²) in [6.07, 6.45) is 0. The smallest absolute Gasteiger partial charge is 0.283 e. The van der Waals surface area contributed by atoms with E-state index in [4.69, 9.17) is 46.4 Å². The fourth-order valence-electron chi connectivity index (χ4n) is 3.75. The Kier molecular flexibility index (Phi) is 7.62. The standard InChI is InChI=1S/C26H19Cl4N3O3/c1-3-32(17-6-4-5-14(2)11-17)24(34)15-7-9-16(10-8-15)31-23-22(30)25(35)33(26(23)36)21-13-19(28)18(27)12-20(21)29/h4-13,31H,3H2,1-2H3. The number of amides is 3. The minimum absolute atomic E-state index is 0.0627. The lowest BCUT2D eigenvalue weighted by atomic mass is 10.1. The Balaban J connectivity index is 1.55. The van der Waals surface area contributed by atoms with Crippen molar-refractivity contribution in [3.05, 3.63) is 97.6 Å². The van der Waals surface area contributed by atoms with Gasteiger partial charge in [-0.3, -0.25) is 14.4 Å². The molecule has 0 bridgehead atoms. The largest absolute Gasteiger partial charge is 0.350 e. The first-order valence-corrected chi connectivity index (χ1v) is 12.3. The van der Waals surface area contributed by atoms with Crippen LogP contribution >= 0.6 is 46.4 Å². The quantitative estimate of drug-likeness (QED) is 0.258. The minimum Gasteiger partial charge on any atom is -0.350 e. The molecular weight excluding hydrogens is 544 g/mol. The van der Waals surface area contributed by atoms with Gasteiger partial charge < -0.3 is 10.2 Å². The molecule has 4 rings (SSSR count). The number of nitrogens with zero attached hydrogens (tertiary/aromatic N) is 2. The number of nitrogens with one attached hydrogen (secondary N) is 1. The lowest BCUT2D eigenvalue weighted by molar-refractivity contribution is -0.120. The van der Waals surface area contributed by atoms with Crippen molar-refractivity contribution in [2.75, 3.05) is 21.7 Å². The number of anilines is 3. The van der Waals surface area contributed by atoms with Gasteiger partial charge in [0.15, 0.2) is 0 Å². The molecule has 0 unspecified atom stereocenters. The Morgan fingerprint density at radius 3 is 2.19 bits per heavy atom. The van der Waals surface area contributed by atoms with Gasteiger partial charge in [0.2, 0.25) is 0 Å². The molecule has 1 N–H and O–H groups in total. The van der Waals surface area contributed by atoms with Crippen LogP contribution < -0.4 is 15.1 Å². The second-order valence-electron chi connectivity index (χ2n) is 7.94. The SMILES string of the molecule is CCN(C(=O)c1ccc(NC2=C(Cl)C(=O)N(c3cc(Cl)c(Cl)cc3Cl)C2=O)cc1)c1cccc(C)c1. The van der Waals surface area contributed by atoms with Gasteiger partial charge in [0, 0.05) is 23.5 Å². The van der Waals surface area contributed by atoms with Gasteiger partial charge in [-0.25, -0.2) is 4.90 Å². The number of halogens is 4. The Morgan fingerprint density at radius 2 is 1.56 bits per heavy atom. The highest BCUT2D eigenvalue weighted by molar-refractivity contribution is 6.54. The van der Waals surface area contributed by atoms with Gasteiger partial charge in [0.1, 0.15) is 10.7 Å². The molecule has 10 heteroatoms. The van der Waals surface area contributed by atoms with Crippen molar-refractivity contribution in [3.8, 4) is 0 Å². The molecule has 0 spiro atoms. The van der Waals surface area contributed by atoms with Crippen LogP contribution in [0.4, 0.5) is 17.1 Å². The first-order chi connectivity index (χ1) is 17.1. The normalized spacial score (nSPS) is 13.4. The zero-order chi connectivity index (χ0) is 26.1. The Bertz CT molecular complexity index is 1420. The van der Waals surface area contributed by atoms with Crippen LogP contribution in [-0.2, 0) is 9.59 Å². The van der Waals surface area contributed by atoms with Crippen LogP contribution in [0.3, 0.4) is 0 Å². The average Bonchev–Trinajstić information content (AvgIpc) is 3.05. The third-order valence-electron chi connectivity index (χ3n) is 5.53. The number of aryl methyl sites for hydroxylation is 1. The van der Waals surface area contributed by atoms with Crippen molar-refractivity contribution in [2.24, 2.45) is 0 Å². The summed E-state index contributed by atoms with van der Waals surface area (Å²) < 4.78 is 0. The third kappa shape index (κ3) is 4.95. The summed E-state index contributed by atoms with van der Waals surface area (Å²) in [4.78, 5) is 41.4. The molecule has 1 aliphatic rings. The van der Waals surface area contributed by atoms with Crippen molar-refractivity contribution in [3.63, 3.8) is 0 Å². The van der Waals surface area contributed by atoms with Gasteiger partial charge in [-0.1, -0.05) is 58.5 Å². The molecule has 0 atom stereocenters. The summed E-state index contributed by atoms with van der Waals surface area (Å²) in [6.45, 7) is 4.36. The predicted octanol–water partition coefficient (Wildman–Crippen LogP) is 7.06. The van der Waals surface area contributed by atoms with Gasteiger partial charge in [-0.15, -0.1) is 0 Å². The van der Waals surface area contributed by atoms with E-state index >= 15 is 0 Å². The summed E-state index contributed by atoms with van der Waals surface area (Å²) in [6, 6.07) is 16.9. The zero-order valence-electron chi connectivity index (χ0n) is 19.1. The maximum absolute atomic E-state index is 13.1. The second-order valence-corrected chi connectivity index (χ2v) is 9.54. The summed E-state index contributed by atoms with van der Waals surface area (Å²) in [5, 5.41) is 2.94. The maximum Gasteiger partial charge on any atom is 0.283 e. The van der Waals surface area contributed by atoms with Crippen LogP contribution in [0.15, 0.2) is 71.4 Å². The van der Waals surface area contributed by atoms with Gasteiger partial charge in [0.25, 0.3) is 17.7 Å². The molecule has 0 aliphatic carbocycles. The molecule has 3 aromatic carbocycles. The first kappa shape index (κ1) is 26.0. The molecule has 1 heterocycles. The number of carbonyl (C=O) groups excluding carboxylic acids is 3. The molecule has 184 valence electrons. The van der Waals surface area contributed by atoms with Crippen molar-refractivity contribution >= 4 is 81.2 Å². The molecule has 0 saturated carbocycles. The number of hydrogen-bond donors (Lipinski definition) is 1.